The van der Waals surface area contributed by atoms with Gasteiger partial charge in [0.2, 0.25) is 35.4 Å². The number of nitrogens with zero attached hydrogens (tertiary/aromatic N) is 3. The maximum absolute atomic E-state index is 14.2. The van der Waals surface area contributed by atoms with Gasteiger partial charge in [-0.3, -0.25) is 33.7 Å². The van der Waals surface area contributed by atoms with E-state index in [9.17, 15) is 48.6 Å². The van der Waals surface area contributed by atoms with Crippen molar-refractivity contribution in [2.75, 3.05) is 34.3 Å². The van der Waals surface area contributed by atoms with Crippen molar-refractivity contribution in [3.05, 3.63) is 89.5 Å². The number of carboxylic acid groups (broad SMARTS) is 1. The number of hydrogen-bond donors (Lipinski definition) is 6. The number of aliphatic carboxylic acids is 1. The first-order chi connectivity index (χ1) is 32.0. The number of fused-ring (bicyclic) bond motifs is 3. The van der Waals surface area contributed by atoms with Gasteiger partial charge in [0.15, 0.2) is 0 Å². The lowest BCUT2D eigenvalue weighted by molar-refractivity contribution is -0.145. The van der Waals surface area contributed by atoms with E-state index in [0.29, 0.717) is 5.56 Å². The van der Waals surface area contributed by atoms with E-state index in [1.165, 1.54) is 76.0 Å². The van der Waals surface area contributed by atoms with Crippen LogP contribution >= 0.6 is 0 Å². The summed E-state index contributed by atoms with van der Waals surface area (Å²) in [5, 5.41) is 29.4. The van der Waals surface area contributed by atoms with Gasteiger partial charge >= 0.3 is 12.1 Å². The first-order valence-corrected chi connectivity index (χ1v) is 22.8. The molecule has 0 radical (unpaired) electrons. The standard InChI is InChI=1S/C50H67N7O11/c1-28(2)23-40(54-45(61)32(7)56(9)50(67)68-27-39-37-17-13-11-15-35(37)36-16-12-14-18-38(36)39)48(64)57(10)42(24-29(3)4)46(62)52-30(5)47(63)55(8)31(6)44(60)51-26-43(59)53-41(49(65)66)25-33-19-21-34(58)22-20-33/h11-22,28-32,39-42,58H,23-27H2,1-10H3,(H,51,60)(H,52,62)(H,53,59)(H,54,61)(H,65,66)/t30-,31-,32-,40-,41-,42-/m0/s1. The molecule has 6 atom stereocenters. The molecule has 0 aromatic heterocycles. The van der Waals surface area contributed by atoms with Crippen molar-refractivity contribution >= 4 is 47.5 Å². The third-order valence-electron chi connectivity index (χ3n) is 12.2. The lowest BCUT2D eigenvalue weighted by atomic mass is 9.98. The van der Waals surface area contributed by atoms with E-state index in [0.717, 1.165) is 27.2 Å². The topological polar surface area (TPSA) is 244 Å². The predicted molar refractivity (Wildman–Crippen MR) is 254 cm³/mol. The summed E-state index contributed by atoms with van der Waals surface area (Å²) in [5.41, 5.74) is 4.79. The van der Waals surface area contributed by atoms with Crippen molar-refractivity contribution < 1.29 is 53.3 Å². The fourth-order valence-electron chi connectivity index (χ4n) is 7.97. The van der Waals surface area contributed by atoms with Crippen molar-refractivity contribution in [1.82, 2.24) is 36.0 Å². The quantitative estimate of drug-likeness (QED) is 0.0850. The van der Waals surface area contributed by atoms with Gasteiger partial charge in [0, 0.05) is 33.5 Å². The van der Waals surface area contributed by atoms with E-state index in [2.05, 4.69) is 21.3 Å². The summed E-state index contributed by atoms with van der Waals surface area (Å²) >= 11 is 0. The summed E-state index contributed by atoms with van der Waals surface area (Å²) in [6.07, 6.45) is -0.372. The Morgan fingerprint density at radius 2 is 1.16 bits per heavy atom. The number of likely N-dealkylation sites (N-methyl/N-ethyl adjacent to an activating group) is 3. The number of phenols is 1. The Hall–Kier alpha value is -6.98. The summed E-state index contributed by atoms with van der Waals surface area (Å²) in [7, 11) is 4.25. The highest BCUT2D eigenvalue weighted by Gasteiger charge is 2.37. The van der Waals surface area contributed by atoms with Gasteiger partial charge in [-0.15, -0.1) is 0 Å². The van der Waals surface area contributed by atoms with E-state index >= 15 is 0 Å². The number of ether oxygens (including phenoxy) is 1. The van der Waals surface area contributed by atoms with Crippen LogP contribution in [0.4, 0.5) is 4.79 Å². The summed E-state index contributed by atoms with van der Waals surface area (Å²) < 4.78 is 5.77. The monoisotopic (exact) mass is 941 g/mol. The molecule has 368 valence electrons. The maximum atomic E-state index is 14.2. The molecule has 0 heterocycles. The maximum Gasteiger partial charge on any atom is 0.410 e. The van der Waals surface area contributed by atoms with Crippen LogP contribution in [-0.2, 0) is 44.7 Å². The highest BCUT2D eigenvalue weighted by Crippen LogP contribution is 2.44. The Kier molecular flexibility index (Phi) is 19.1. The highest BCUT2D eigenvalue weighted by molar-refractivity contribution is 5.96. The zero-order valence-corrected chi connectivity index (χ0v) is 40.6. The second-order valence-corrected chi connectivity index (χ2v) is 18.3. The number of carbonyl (C=O) groups is 8. The summed E-state index contributed by atoms with van der Waals surface area (Å²) in [6.45, 7) is 11.4. The van der Waals surface area contributed by atoms with E-state index in [1.54, 1.807) is 0 Å². The first kappa shape index (κ1) is 53.6. The minimum absolute atomic E-state index is 0.00151. The molecule has 0 spiro atoms. The lowest BCUT2D eigenvalue weighted by Crippen LogP contribution is -2.59. The van der Waals surface area contributed by atoms with Crippen molar-refractivity contribution in [2.24, 2.45) is 11.8 Å². The van der Waals surface area contributed by atoms with Gasteiger partial charge in [-0.25, -0.2) is 9.59 Å². The van der Waals surface area contributed by atoms with Gasteiger partial charge in [-0.05, 0) is 85.4 Å². The zero-order valence-electron chi connectivity index (χ0n) is 40.6. The molecular formula is C50H67N7O11. The highest BCUT2D eigenvalue weighted by atomic mass is 16.6. The number of rotatable bonds is 22. The zero-order chi connectivity index (χ0) is 50.6. The molecule has 1 aliphatic carbocycles. The molecular weight excluding hydrogens is 875 g/mol. The molecule has 3 aromatic rings. The van der Waals surface area contributed by atoms with E-state index in [1.807, 2.05) is 76.2 Å². The molecule has 0 aliphatic heterocycles. The molecule has 0 saturated heterocycles. The SMILES string of the molecule is CC(C)C[C@H](NC(=O)[C@H](C)N(C)C(=O)OCC1c2ccccc2-c2ccccc21)C(=O)N(C)[C@@H](CC(C)C)C(=O)N[C@@H](C)C(=O)N(C)[C@@H](C)C(=O)NCC(=O)N[C@@H](Cc1ccc(O)cc1)C(=O)O. The van der Waals surface area contributed by atoms with Crippen LogP contribution in [0.2, 0.25) is 0 Å². The Labute approximate surface area is 398 Å². The summed E-state index contributed by atoms with van der Waals surface area (Å²) in [5.74, 6) is -5.59. The molecule has 4 rings (SSSR count). The van der Waals surface area contributed by atoms with Crippen LogP contribution in [-0.4, -0.2) is 143 Å². The van der Waals surface area contributed by atoms with Gasteiger partial charge in [-0.2, -0.15) is 0 Å². The van der Waals surface area contributed by atoms with Crippen LogP contribution in [0.3, 0.4) is 0 Å². The number of benzene rings is 3. The number of hydrogen-bond acceptors (Lipinski definition) is 10. The first-order valence-electron chi connectivity index (χ1n) is 22.8. The van der Waals surface area contributed by atoms with Gasteiger partial charge in [-0.1, -0.05) is 88.4 Å². The molecule has 0 fully saturated rings. The average molecular weight is 942 g/mol. The van der Waals surface area contributed by atoms with Crippen LogP contribution in [0.15, 0.2) is 72.8 Å². The van der Waals surface area contributed by atoms with E-state index in [-0.39, 0.29) is 49.4 Å². The lowest BCUT2D eigenvalue weighted by Gasteiger charge is -2.34. The van der Waals surface area contributed by atoms with Crippen LogP contribution in [0, 0.1) is 11.8 Å². The van der Waals surface area contributed by atoms with E-state index in [4.69, 9.17) is 4.74 Å². The molecule has 18 heteroatoms. The average Bonchev–Trinajstić information content (AvgIpc) is 3.62. The van der Waals surface area contributed by atoms with Crippen molar-refractivity contribution in [2.45, 2.75) is 110 Å². The number of amides is 7. The molecule has 0 saturated carbocycles. The van der Waals surface area contributed by atoms with Crippen molar-refractivity contribution in [3.8, 4) is 16.9 Å². The largest absolute Gasteiger partial charge is 0.508 e. The fourth-order valence-corrected chi connectivity index (χ4v) is 7.97. The Balaban J connectivity index is 1.34. The summed E-state index contributed by atoms with van der Waals surface area (Å²) in [4.78, 5) is 110. The molecule has 3 aromatic carbocycles. The number of aromatic hydroxyl groups is 1. The molecule has 68 heavy (non-hydrogen) atoms. The number of carboxylic acids is 1. The number of nitrogens with one attached hydrogen (secondary N) is 4. The molecule has 0 bridgehead atoms. The smallest absolute Gasteiger partial charge is 0.410 e. The van der Waals surface area contributed by atoms with E-state index < -0.39 is 90.3 Å². The van der Waals surface area contributed by atoms with Crippen LogP contribution < -0.4 is 21.3 Å². The third kappa shape index (κ3) is 14.0. The third-order valence-corrected chi connectivity index (χ3v) is 12.2. The predicted octanol–water partition coefficient (Wildman–Crippen LogP) is 3.65. The van der Waals surface area contributed by atoms with Crippen LogP contribution in [0.1, 0.15) is 83.9 Å². The number of phenolic OH excluding ortho intramolecular Hbond substituents is 1. The van der Waals surface area contributed by atoms with Gasteiger partial charge in [0.25, 0.3) is 0 Å². The molecule has 0 unspecified atom stereocenters. The molecule has 18 nitrogen and oxygen atoms in total. The molecule has 7 amide bonds. The normalized spacial score (nSPS) is 14.5. The Bertz CT molecular complexity index is 2260. The fraction of sp³-hybridized carbons (Fsp3) is 0.480. The van der Waals surface area contributed by atoms with Gasteiger partial charge in [0.05, 0.1) is 6.54 Å². The summed E-state index contributed by atoms with van der Waals surface area (Å²) in [6, 6.07) is 14.9. The minimum Gasteiger partial charge on any atom is -0.508 e. The van der Waals surface area contributed by atoms with Gasteiger partial charge < -0.3 is 46.0 Å². The second-order valence-electron chi connectivity index (χ2n) is 18.3. The molecule has 6 N–H and O–H groups in total. The Morgan fingerprint density at radius 3 is 1.71 bits per heavy atom. The van der Waals surface area contributed by atoms with Crippen LogP contribution in [0.25, 0.3) is 11.1 Å². The van der Waals surface area contributed by atoms with Crippen LogP contribution in [0.5, 0.6) is 5.75 Å². The van der Waals surface area contributed by atoms with Crippen molar-refractivity contribution in [1.29, 1.82) is 0 Å². The van der Waals surface area contributed by atoms with Crippen molar-refractivity contribution in [3.63, 3.8) is 0 Å². The second kappa shape index (κ2) is 24.2. The Morgan fingerprint density at radius 1 is 0.618 bits per heavy atom. The number of carbonyl (C=O) groups excluding carboxylic acids is 7. The molecule has 1 aliphatic rings. The van der Waals surface area contributed by atoms with Gasteiger partial charge in [0.1, 0.15) is 48.6 Å². The minimum atomic E-state index is -1.32.